The van der Waals surface area contributed by atoms with Crippen molar-refractivity contribution >= 4 is 11.9 Å². The van der Waals surface area contributed by atoms with Gasteiger partial charge in [-0.2, -0.15) is 5.10 Å². The standard InChI is InChI=1S/C23H26N4O3/c1-26(17-21(28)24-14-13-22(29)30-2)15-19-16-27(20-11-7-4-8-12-20)25-23(19)18-9-5-3-6-10-18/h3-12,16H,13-15,17H2,1-2H3,(H,24,28). The van der Waals surface area contributed by atoms with Crippen molar-refractivity contribution in [2.45, 2.75) is 13.0 Å². The van der Waals surface area contributed by atoms with Gasteiger partial charge < -0.3 is 10.1 Å². The quantitative estimate of drug-likeness (QED) is 0.553. The Morgan fingerprint density at radius 3 is 2.40 bits per heavy atom. The van der Waals surface area contributed by atoms with Gasteiger partial charge in [0.1, 0.15) is 0 Å². The fourth-order valence-corrected chi connectivity index (χ4v) is 3.13. The molecule has 0 aliphatic heterocycles. The van der Waals surface area contributed by atoms with Crippen LogP contribution in [0.1, 0.15) is 12.0 Å². The first-order valence-electron chi connectivity index (χ1n) is 9.78. The zero-order chi connectivity index (χ0) is 21.3. The summed E-state index contributed by atoms with van der Waals surface area (Å²) in [6.45, 7) is 1.04. The summed E-state index contributed by atoms with van der Waals surface area (Å²) in [4.78, 5) is 25.2. The molecule has 0 bridgehead atoms. The number of hydrogen-bond donors (Lipinski definition) is 1. The molecule has 0 spiro atoms. The molecule has 30 heavy (non-hydrogen) atoms. The van der Waals surface area contributed by atoms with Crippen molar-refractivity contribution in [3.8, 4) is 16.9 Å². The second-order valence-electron chi connectivity index (χ2n) is 7.00. The molecule has 0 saturated heterocycles. The van der Waals surface area contributed by atoms with Crippen molar-refractivity contribution in [1.29, 1.82) is 0 Å². The number of esters is 1. The predicted octanol–water partition coefficient (Wildman–Crippen LogP) is 2.65. The van der Waals surface area contributed by atoms with Crippen molar-refractivity contribution < 1.29 is 14.3 Å². The second kappa shape index (κ2) is 10.4. The second-order valence-corrected chi connectivity index (χ2v) is 7.00. The number of aromatic nitrogens is 2. The van der Waals surface area contributed by atoms with Gasteiger partial charge in [0.25, 0.3) is 0 Å². The van der Waals surface area contributed by atoms with Crippen LogP contribution in [0.2, 0.25) is 0 Å². The summed E-state index contributed by atoms with van der Waals surface area (Å²) in [7, 11) is 3.21. The van der Waals surface area contributed by atoms with E-state index in [4.69, 9.17) is 5.10 Å². The van der Waals surface area contributed by atoms with Gasteiger partial charge in [0.2, 0.25) is 5.91 Å². The molecule has 2 aromatic carbocycles. The monoisotopic (exact) mass is 406 g/mol. The molecule has 3 rings (SSSR count). The third-order valence-corrected chi connectivity index (χ3v) is 4.59. The molecule has 7 heteroatoms. The lowest BCUT2D eigenvalue weighted by Crippen LogP contribution is -2.36. The van der Waals surface area contributed by atoms with Crippen LogP contribution in [0.4, 0.5) is 0 Å². The van der Waals surface area contributed by atoms with E-state index in [0.29, 0.717) is 6.54 Å². The number of amides is 1. The SMILES string of the molecule is COC(=O)CCNC(=O)CN(C)Cc1cn(-c2ccccc2)nc1-c1ccccc1. The average molecular weight is 406 g/mol. The molecule has 1 heterocycles. The highest BCUT2D eigenvalue weighted by atomic mass is 16.5. The molecular formula is C23H26N4O3. The molecular weight excluding hydrogens is 380 g/mol. The Morgan fingerprint density at radius 1 is 1.07 bits per heavy atom. The van der Waals surface area contributed by atoms with E-state index in [9.17, 15) is 9.59 Å². The summed E-state index contributed by atoms with van der Waals surface area (Å²) in [6, 6.07) is 19.9. The van der Waals surface area contributed by atoms with Gasteiger partial charge in [0, 0.05) is 30.4 Å². The molecule has 0 fully saturated rings. The highest BCUT2D eigenvalue weighted by molar-refractivity contribution is 5.78. The van der Waals surface area contributed by atoms with Gasteiger partial charge in [-0.15, -0.1) is 0 Å². The van der Waals surface area contributed by atoms with Crippen LogP contribution in [-0.4, -0.2) is 53.8 Å². The maximum absolute atomic E-state index is 12.2. The Bertz CT molecular complexity index is 971. The number of likely N-dealkylation sites (N-methyl/N-ethyl adjacent to an activating group) is 1. The fourth-order valence-electron chi connectivity index (χ4n) is 3.13. The summed E-state index contributed by atoms with van der Waals surface area (Å²) in [5.74, 6) is -0.484. The molecule has 0 unspecified atom stereocenters. The van der Waals surface area contributed by atoms with Crippen LogP contribution in [0.3, 0.4) is 0 Å². The first kappa shape index (κ1) is 21.3. The zero-order valence-electron chi connectivity index (χ0n) is 17.2. The first-order valence-corrected chi connectivity index (χ1v) is 9.78. The minimum absolute atomic E-state index is 0.141. The van der Waals surface area contributed by atoms with Crippen LogP contribution in [0, 0.1) is 0 Å². The maximum atomic E-state index is 12.2. The van der Waals surface area contributed by atoms with Gasteiger partial charge in [-0.05, 0) is 19.2 Å². The highest BCUT2D eigenvalue weighted by Gasteiger charge is 2.15. The molecule has 0 aliphatic rings. The normalized spacial score (nSPS) is 10.8. The molecule has 0 aliphatic carbocycles. The molecule has 1 N–H and O–H groups in total. The van der Waals surface area contributed by atoms with Crippen LogP contribution >= 0.6 is 0 Å². The van der Waals surface area contributed by atoms with Crippen molar-refractivity contribution in [3.63, 3.8) is 0 Å². The zero-order valence-corrected chi connectivity index (χ0v) is 17.2. The van der Waals surface area contributed by atoms with Crippen LogP contribution in [0.25, 0.3) is 16.9 Å². The van der Waals surface area contributed by atoms with Crippen LogP contribution in [-0.2, 0) is 20.9 Å². The Hall–Kier alpha value is -3.45. The summed E-state index contributed by atoms with van der Waals surface area (Å²) < 4.78 is 6.44. The lowest BCUT2D eigenvalue weighted by atomic mass is 10.1. The molecule has 0 radical (unpaired) electrons. The number of benzene rings is 2. The Balaban J connectivity index is 1.72. The van der Waals surface area contributed by atoms with Gasteiger partial charge in [0.05, 0.1) is 31.5 Å². The number of carbonyl (C=O) groups excluding carboxylic acids is 2. The molecule has 1 aromatic heterocycles. The van der Waals surface area contributed by atoms with E-state index in [1.54, 1.807) is 0 Å². The number of methoxy groups -OCH3 is 1. The van der Waals surface area contributed by atoms with E-state index < -0.39 is 0 Å². The van der Waals surface area contributed by atoms with Gasteiger partial charge in [0.15, 0.2) is 0 Å². The third kappa shape index (κ3) is 5.78. The van der Waals surface area contributed by atoms with Crippen LogP contribution in [0.15, 0.2) is 66.9 Å². The summed E-state index contributed by atoms with van der Waals surface area (Å²) >= 11 is 0. The molecule has 0 saturated carbocycles. The summed E-state index contributed by atoms with van der Waals surface area (Å²) in [5.41, 5.74) is 3.91. The largest absolute Gasteiger partial charge is 0.469 e. The Labute approximate surface area is 176 Å². The van der Waals surface area contributed by atoms with Gasteiger partial charge >= 0.3 is 5.97 Å². The molecule has 1 amide bonds. The van der Waals surface area contributed by atoms with Gasteiger partial charge in [-0.3, -0.25) is 14.5 Å². The predicted molar refractivity (Wildman–Crippen MR) is 115 cm³/mol. The topological polar surface area (TPSA) is 76.5 Å². The van der Waals surface area contributed by atoms with E-state index in [1.165, 1.54) is 7.11 Å². The van der Waals surface area contributed by atoms with E-state index in [0.717, 1.165) is 22.5 Å². The number of rotatable bonds is 9. The van der Waals surface area contributed by atoms with Gasteiger partial charge in [-0.1, -0.05) is 48.5 Å². The van der Waals surface area contributed by atoms with E-state index >= 15 is 0 Å². The van der Waals surface area contributed by atoms with Crippen LogP contribution < -0.4 is 5.32 Å². The Kier molecular flexibility index (Phi) is 7.34. The molecule has 7 nitrogen and oxygen atoms in total. The molecule has 156 valence electrons. The Morgan fingerprint density at radius 2 is 1.73 bits per heavy atom. The van der Waals surface area contributed by atoms with E-state index in [-0.39, 0.29) is 31.4 Å². The van der Waals surface area contributed by atoms with Crippen molar-refractivity contribution in [3.05, 3.63) is 72.4 Å². The lowest BCUT2D eigenvalue weighted by Gasteiger charge is -2.16. The van der Waals surface area contributed by atoms with Crippen LogP contribution in [0.5, 0.6) is 0 Å². The minimum Gasteiger partial charge on any atom is -0.469 e. The van der Waals surface area contributed by atoms with Crippen molar-refractivity contribution in [1.82, 2.24) is 20.0 Å². The average Bonchev–Trinajstić information content (AvgIpc) is 3.18. The number of hydrogen-bond acceptors (Lipinski definition) is 5. The first-order chi connectivity index (χ1) is 14.6. The van der Waals surface area contributed by atoms with E-state index in [2.05, 4.69) is 10.1 Å². The number of nitrogens with zero attached hydrogens (tertiary/aromatic N) is 3. The fraction of sp³-hybridized carbons (Fsp3) is 0.261. The lowest BCUT2D eigenvalue weighted by molar-refractivity contribution is -0.140. The van der Waals surface area contributed by atoms with Crippen molar-refractivity contribution in [2.24, 2.45) is 0 Å². The highest BCUT2D eigenvalue weighted by Crippen LogP contribution is 2.24. The number of ether oxygens (including phenoxy) is 1. The minimum atomic E-state index is -0.343. The number of para-hydroxylation sites is 1. The van der Waals surface area contributed by atoms with E-state index in [1.807, 2.05) is 83.5 Å². The number of nitrogens with one attached hydrogen (secondary N) is 1. The molecule has 3 aromatic rings. The third-order valence-electron chi connectivity index (χ3n) is 4.59. The summed E-state index contributed by atoms with van der Waals surface area (Å²) in [5, 5.41) is 7.54. The number of carbonyl (C=O) groups is 2. The summed E-state index contributed by atoms with van der Waals surface area (Å²) in [6.07, 6.45) is 2.16. The smallest absolute Gasteiger partial charge is 0.307 e. The van der Waals surface area contributed by atoms with Gasteiger partial charge in [-0.25, -0.2) is 4.68 Å². The van der Waals surface area contributed by atoms with Crippen molar-refractivity contribution in [2.75, 3.05) is 27.2 Å². The molecule has 0 atom stereocenters. The maximum Gasteiger partial charge on any atom is 0.307 e.